The van der Waals surface area contributed by atoms with Crippen LogP contribution in [0.4, 0.5) is 0 Å². The SMILES string of the molecule is Cc1cncc(CNC2(CCl)CCCC(C)C2)c1. The van der Waals surface area contributed by atoms with E-state index >= 15 is 0 Å². The van der Waals surface area contributed by atoms with Crippen molar-refractivity contribution in [1.82, 2.24) is 10.3 Å². The third-order valence-corrected chi connectivity index (χ3v) is 4.46. The van der Waals surface area contributed by atoms with Crippen LogP contribution in [0.5, 0.6) is 0 Å². The van der Waals surface area contributed by atoms with E-state index in [4.69, 9.17) is 11.6 Å². The van der Waals surface area contributed by atoms with Crippen LogP contribution in [0.25, 0.3) is 0 Å². The summed E-state index contributed by atoms with van der Waals surface area (Å²) in [6.07, 6.45) is 8.84. The molecule has 0 spiro atoms. The van der Waals surface area contributed by atoms with E-state index in [1.165, 1.54) is 36.8 Å². The summed E-state index contributed by atoms with van der Waals surface area (Å²) in [5.74, 6) is 1.48. The van der Waals surface area contributed by atoms with Crippen LogP contribution in [0.15, 0.2) is 18.5 Å². The van der Waals surface area contributed by atoms with Gasteiger partial charge in [0.2, 0.25) is 0 Å². The Morgan fingerprint density at radius 1 is 1.50 bits per heavy atom. The minimum Gasteiger partial charge on any atom is -0.306 e. The Hall–Kier alpha value is -0.600. The van der Waals surface area contributed by atoms with Crippen molar-refractivity contribution in [1.29, 1.82) is 0 Å². The van der Waals surface area contributed by atoms with Crippen molar-refractivity contribution in [2.24, 2.45) is 5.92 Å². The van der Waals surface area contributed by atoms with Gasteiger partial charge in [-0.3, -0.25) is 4.98 Å². The molecule has 0 bridgehead atoms. The maximum atomic E-state index is 6.22. The molecule has 100 valence electrons. The van der Waals surface area contributed by atoms with E-state index in [-0.39, 0.29) is 5.54 Å². The first-order valence-electron chi connectivity index (χ1n) is 6.85. The molecule has 2 rings (SSSR count). The van der Waals surface area contributed by atoms with Gasteiger partial charge in [-0.15, -0.1) is 11.6 Å². The van der Waals surface area contributed by atoms with Crippen LogP contribution in [0.2, 0.25) is 0 Å². The molecular weight excluding hydrogens is 244 g/mol. The summed E-state index contributed by atoms with van der Waals surface area (Å²) in [6, 6.07) is 2.19. The molecule has 0 amide bonds. The van der Waals surface area contributed by atoms with Crippen LogP contribution >= 0.6 is 11.6 Å². The fourth-order valence-electron chi connectivity index (χ4n) is 2.99. The maximum Gasteiger partial charge on any atom is 0.0406 e. The molecule has 1 aromatic rings. The third kappa shape index (κ3) is 3.46. The van der Waals surface area contributed by atoms with Gasteiger partial charge < -0.3 is 5.32 Å². The molecule has 2 atom stereocenters. The maximum absolute atomic E-state index is 6.22. The van der Waals surface area contributed by atoms with Crippen molar-refractivity contribution < 1.29 is 0 Å². The molecule has 0 aromatic carbocycles. The highest BCUT2D eigenvalue weighted by atomic mass is 35.5. The quantitative estimate of drug-likeness (QED) is 0.842. The minimum absolute atomic E-state index is 0.128. The van der Waals surface area contributed by atoms with Crippen molar-refractivity contribution in [3.8, 4) is 0 Å². The predicted octanol–water partition coefficient (Wildman–Crippen LogP) is 3.67. The monoisotopic (exact) mass is 266 g/mol. The van der Waals surface area contributed by atoms with Crippen molar-refractivity contribution in [3.63, 3.8) is 0 Å². The van der Waals surface area contributed by atoms with Crippen LogP contribution in [-0.2, 0) is 6.54 Å². The summed E-state index contributed by atoms with van der Waals surface area (Å²) in [5, 5.41) is 3.69. The summed E-state index contributed by atoms with van der Waals surface area (Å²) < 4.78 is 0. The lowest BCUT2D eigenvalue weighted by Crippen LogP contribution is -2.49. The van der Waals surface area contributed by atoms with Crippen molar-refractivity contribution in [3.05, 3.63) is 29.6 Å². The van der Waals surface area contributed by atoms with Gasteiger partial charge in [-0.1, -0.05) is 25.8 Å². The zero-order valence-electron chi connectivity index (χ0n) is 11.4. The average Bonchev–Trinajstić information content (AvgIpc) is 2.37. The first-order valence-corrected chi connectivity index (χ1v) is 7.38. The lowest BCUT2D eigenvalue weighted by atomic mass is 9.77. The summed E-state index contributed by atoms with van der Waals surface area (Å²) in [4.78, 5) is 4.24. The van der Waals surface area contributed by atoms with Crippen LogP contribution in [0, 0.1) is 12.8 Å². The van der Waals surface area contributed by atoms with Gasteiger partial charge in [0.05, 0.1) is 0 Å². The number of hydrogen-bond acceptors (Lipinski definition) is 2. The minimum atomic E-state index is 0.128. The van der Waals surface area contributed by atoms with Crippen LogP contribution in [0.1, 0.15) is 43.7 Å². The fourth-order valence-corrected chi connectivity index (χ4v) is 3.33. The smallest absolute Gasteiger partial charge is 0.0406 e. The summed E-state index contributed by atoms with van der Waals surface area (Å²) in [5.41, 5.74) is 2.59. The molecule has 1 aliphatic carbocycles. The van der Waals surface area contributed by atoms with Gasteiger partial charge in [0.15, 0.2) is 0 Å². The van der Waals surface area contributed by atoms with Gasteiger partial charge in [-0.25, -0.2) is 0 Å². The number of pyridine rings is 1. The molecule has 3 heteroatoms. The standard InChI is InChI=1S/C15H23ClN2/c1-12-4-3-5-15(7-12,11-16)18-10-14-6-13(2)8-17-9-14/h6,8-9,12,18H,3-5,7,10-11H2,1-2H3. The molecule has 1 saturated carbocycles. The van der Waals surface area contributed by atoms with Crippen LogP contribution < -0.4 is 5.32 Å². The highest BCUT2D eigenvalue weighted by molar-refractivity contribution is 6.18. The van der Waals surface area contributed by atoms with Gasteiger partial charge in [0.1, 0.15) is 0 Å². The normalized spacial score (nSPS) is 28.3. The molecule has 1 fully saturated rings. The van der Waals surface area contributed by atoms with Gasteiger partial charge in [-0.05, 0) is 36.8 Å². The van der Waals surface area contributed by atoms with Gasteiger partial charge in [0.25, 0.3) is 0 Å². The number of hydrogen-bond donors (Lipinski definition) is 1. The fraction of sp³-hybridized carbons (Fsp3) is 0.667. The van der Waals surface area contributed by atoms with Gasteiger partial charge in [0, 0.05) is 30.4 Å². The Balaban J connectivity index is 1.98. The Bertz CT molecular complexity index is 394. The molecule has 0 saturated heterocycles. The molecule has 2 nitrogen and oxygen atoms in total. The number of rotatable bonds is 4. The summed E-state index contributed by atoms with van der Waals surface area (Å²) in [7, 11) is 0. The second kappa shape index (κ2) is 6.03. The van der Waals surface area contributed by atoms with E-state index in [9.17, 15) is 0 Å². The van der Waals surface area contributed by atoms with E-state index < -0.39 is 0 Å². The highest BCUT2D eigenvalue weighted by Gasteiger charge is 2.33. The average molecular weight is 267 g/mol. The van der Waals surface area contributed by atoms with E-state index in [0.717, 1.165) is 12.5 Å². The Morgan fingerprint density at radius 3 is 3.00 bits per heavy atom. The van der Waals surface area contributed by atoms with E-state index in [1.54, 1.807) is 0 Å². The zero-order valence-corrected chi connectivity index (χ0v) is 12.1. The predicted molar refractivity (Wildman–Crippen MR) is 76.9 cm³/mol. The summed E-state index contributed by atoms with van der Waals surface area (Å²) in [6.45, 7) is 5.28. The lowest BCUT2D eigenvalue weighted by molar-refractivity contribution is 0.207. The molecule has 1 N–H and O–H groups in total. The number of nitrogens with one attached hydrogen (secondary N) is 1. The molecule has 2 unspecified atom stereocenters. The van der Waals surface area contributed by atoms with Crippen molar-refractivity contribution in [2.45, 2.75) is 51.6 Å². The molecule has 1 heterocycles. The van der Waals surface area contributed by atoms with Crippen molar-refractivity contribution >= 4 is 11.6 Å². The highest BCUT2D eigenvalue weighted by Crippen LogP contribution is 2.33. The number of halogens is 1. The second-order valence-corrected chi connectivity index (χ2v) is 6.11. The molecular formula is C15H23ClN2. The van der Waals surface area contributed by atoms with Gasteiger partial charge in [-0.2, -0.15) is 0 Å². The van der Waals surface area contributed by atoms with Crippen LogP contribution in [-0.4, -0.2) is 16.4 Å². The second-order valence-electron chi connectivity index (χ2n) is 5.84. The largest absolute Gasteiger partial charge is 0.306 e. The van der Waals surface area contributed by atoms with Gasteiger partial charge >= 0.3 is 0 Å². The van der Waals surface area contributed by atoms with E-state index in [0.29, 0.717) is 5.88 Å². The number of alkyl halides is 1. The summed E-state index contributed by atoms with van der Waals surface area (Å²) >= 11 is 6.22. The van der Waals surface area contributed by atoms with E-state index in [2.05, 4.69) is 30.2 Å². The number of aromatic nitrogens is 1. The number of nitrogens with zero attached hydrogens (tertiary/aromatic N) is 1. The molecule has 0 aliphatic heterocycles. The lowest BCUT2D eigenvalue weighted by Gasteiger charge is -2.39. The third-order valence-electron chi connectivity index (χ3n) is 3.95. The Kier molecular flexibility index (Phi) is 4.63. The topological polar surface area (TPSA) is 24.9 Å². The Morgan fingerprint density at radius 2 is 2.33 bits per heavy atom. The molecule has 18 heavy (non-hydrogen) atoms. The zero-order chi connectivity index (χ0) is 13.0. The molecule has 1 aromatic heterocycles. The Labute approximate surface area is 115 Å². The van der Waals surface area contributed by atoms with Crippen molar-refractivity contribution in [2.75, 3.05) is 5.88 Å². The van der Waals surface area contributed by atoms with Crippen LogP contribution in [0.3, 0.4) is 0 Å². The first kappa shape index (κ1) is 13.8. The van der Waals surface area contributed by atoms with E-state index in [1.807, 2.05) is 12.4 Å². The number of aryl methyl sites for hydroxylation is 1. The molecule has 1 aliphatic rings. The molecule has 0 radical (unpaired) electrons. The first-order chi connectivity index (χ1) is 8.63.